The number of ether oxygens (including phenoxy) is 1. The summed E-state index contributed by atoms with van der Waals surface area (Å²) in [6.45, 7) is 2.56. The van der Waals surface area contributed by atoms with E-state index in [9.17, 15) is 0 Å². The van der Waals surface area contributed by atoms with Gasteiger partial charge >= 0.3 is 0 Å². The van der Waals surface area contributed by atoms with Gasteiger partial charge < -0.3 is 4.74 Å². The summed E-state index contributed by atoms with van der Waals surface area (Å²) in [5.74, 6) is 0.773. The molecule has 4 aromatic rings. The lowest BCUT2D eigenvalue weighted by atomic mass is 10.0. The van der Waals surface area contributed by atoms with E-state index in [1.165, 1.54) is 0 Å². The van der Waals surface area contributed by atoms with Gasteiger partial charge in [0.1, 0.15) is 17.8 Å². The molecule has 0 aliphatic heterocycles. The standard InChI is InChI=1S/C19H15BrN4O/c1-2-25-17-9-16-13(8-15(17)20)19(22-11-21-16)14-10-23-24-18(14)12-6-4-3-5-7-12/h3-11H,2H2,1H3,(H,23,24). The molecule has 1 N–H and O–H groups in total. The number of hydrogen-bond acceptors (Lipinski definition) is 4. The fraction of sp³-hybridized carbons (Fsp3) is 0.105. The monoisotopic (exact) mass is 394 g/mol. The van der Waals surface area contributed by atoms with Crippen LogP contribution in [-0.4, -0.2) is 26.8 Å². The van der Waals surface area contributed by atoms with Gasteiger partial charge in [-0.15, -0.1) is 0 Å². The van der Waals surface area contributed by atoms with Crippen molar-refractivity contribution in [2.24, 2.45) is 0 Å². The summed E-state index contributed by atoms with van der Waals surface area (Å²) in [5, 5.41) is 8.32. The van der Waals surface area contributed by atoms with Crippen LogP contribution in [0, 0.1) is 0 Å². The van der Waals surface area contributed by atoms with Gasteiger partial charge in [-0.3, -0.25) is 5.10 Å². The molecule has 0 radical (unpaired) electrons. The largest absolute Gasteiger partial charge is 0.493 e. The number of benzene rings is 2. The van der Waals surface area contributed by atoms with Gasteiger partial charge in [-0.1, -0.05) is 30.3 Å². The van der Waals surface area contributed by atoms with E-state index in [1.54, 1.807) is 6.33 Å². The predicted octanol–water partition coefficient (Wildman–Crippen LogP) is 4.85. The van der Waals surface area contributed by atoms with Crippen molar-refractivity contribution in [1.82, 2.24) is 20.2 Å². The summed E-state index contributed by atoms with van der Waals surface area (Å²) >= 11 is 3.58. The Morgan fingerprint density at radius 2 is 1.92 bits per heavy atom. The molecule has 6 heteroatoms. The van der Waals surface area contributed by atoms with Gasteiger partial charge in [0, 0.05) is 28.8 Å². The van der Waals surface area contributed by atoms with Crippen LogP contribution < -0.4 is 4.74 Å². The summed E-state index contributed by atoms with van der Waals surface area (Å²) in [7, 11) is 0. The van der Waals surface area contributed by atoms with Gasteiger partial charge in [0.25, 0.3) is 0 Å². The van der Waals surface area contributed by atoms with Gasteiger partial charge in [-0.25, -0.2) is 9.97 Å². The van der Waals surface area contributed by atoms with Crippen LogP contribution in [0.3, 0.4) is 0 Å². The van der Waals surface area contributed by atoms with Crippen molar-refractivity contribution >= 4 is 26.8 Å². The highest BCUT2D eigenvalue weighted by atomic mass is 79.9. The van der Waals surface area contributed by atoms with Gasteiger partial charge in [-0.2, -0.15) is 5.10 Å². The minimum absolute atomic E-state index is 0.599. The summed E-state index contributed by atoms with van der Waals surface area (Å²) in [5.41, 5.74) is 4.51. The van der Waals surface area contributed by atoms with E-state index in [-0.39, 0.29) is 0 Å². The van der Waals surface area contributed by atoms with E-state index < -0.39 is 0 Å². The zero-order valence-electron chi connectivity index (χ0n) is 13.5. The van der Waals surface area contributed by atoms with Crippen molar-refractivity contribution in [3.8, 4) is 28.3 Å². The first kappa shape index (κ1) is 15.8. The van der Waals surface area contributed by atoms with Crippen molar-refractivity contribution in [2.45, 2.75) is 6.92 Å². The average Bonchev–Trinajstić information content (AvgIpc) is 3.12. The molecule has 5 nitrogen and oxygen atoms in total. The quantitative estimate of drug-likeness (QED) is 0.537. The highest BCUT2D eigenvalue weighted by molar-refractivity contribution is 9.10. The van der Waals surface area contributed by atoms with Gasteiger partial charge in [0.15, 0.2) is 0 Å². The molecule has 2 heterocycles. The first-order valence-corrected chi connectivity index (χ1v) is 8.74. The zero-order chi connectivity index (χ0) is 17.2. The minimum atomic E-state index is 0.599. The van der Waals surface area contributed by atoms with E-state index in [0.29, 0.717) is 6.61 Å². The second kappa shape index (κ2) is 6.64. The van der Waals surface area contributed by atoms with Crippen LogP contribution in [0.1, 0.15) is 6.92 Å². The molecule has 0 unspecified atom stereocenters. The molecular formula is C19H15BrN4O. The third kappa shape index (κ3) is 2.89. The Morgan fingerprint density at radius 1 is 1.08 bits per heavy atom. The molecule has 0 amide bonds. The Labute approximate surface area is 153 Å². The topological polar surface area (TPSA) is 63.7 Å². The van der Waals surface area contributed by atoms with Crippen molar-refractivity contribution in [3.05, 3.63) is 59.5 Å². The molecule has 0 spiro atoms. The van der Waals surface area contributed by atoms with Gasteiger partial charge in [-0.05, 0) is 28.9 Å². The number of hydrogen-bond donors (Lipinski definition) is 1. The number of H-pyrrole nitrogens is 1. The molecule has 0 aliphatic rings. The second-order valence-corrected chi connectivity index (χ2v) is 6.32. The van der Waals surface area contributed by atoms with Crippen molar-refractivity contribution < 1.29 is 4.74 Å². The van der Waals surface area contributed by atoms with Crippen LogP contribution in [0.15, 0.2) is 59.5 Å². The molecule has 25 heavy (non-hydrogen) atoms. The number of nitrogens with one attached hydrogen (secondary N) is 1. The smallest absolute Gasteiger partial charge is 0.135 e. The van der Waals surface area contributed by atoms with Crippen LogP contribution in [0.5, 0.6) is 5.75 Å². The SMILES string of the molecule is CCOc1cc2ncnc(-c3c[nH]nc3-c3ccccc3)c2cc1Br. The van der Waals surface area contributed by atoms with Crippen LogP contribution in [0.4, 0.5) is 0 Å². The minimum Gasteiger partial charge on any atom is -0.493 e. The lowest BCUT2D eigenvalue weighted by Crippen LogP contribution is -1.95. The lowest BCUT2D eigenvalue weighted by molar-refractivity contribution is 0.338. The maximum atomic E-state index is 5.64. The van der Waals surface area contributed by atoms with Gasteiger partial charge in [0.05, 0.1) is 22.3 Å². The van der Waals surface area contributed by atoms with Crippen LogP contribution >= 0.6 is 15.9 Å². The summed E-state index contributed by atoms with van der Waals surface area (Å²) < 4.78 is 6.52. The molecular weight excluding hydrogens is 380 g/mol. The predicted molar refractivity (Wildman–Crippen MR) is 101 cm³/mol. The Balaban J connectivity index is 1.91. The second-order valence-electron chi connectivity index (χ2n) is 5.47. The summed E-state index contributed by atoms with van der Waals surface area (Å²) in [4.78, 5) is 8.92. The third-order valence-electron chi connectivity index (χ3n) is 3.93. The highest BCUT2D eigenvalue weighted by Crippen LogP contribution is 2.36. The first-order chi connectivity index (χ1) is 12.3. The van der Waals surface area contributed by atoms with Crippen LogP contribution in [-0.2, 0) is 0 Å². The van der Waals surface area contributed by atoms with E-state index in [1.807, 2.05) is 55.6 Å². The van der Waals surface area contributed by atoms with E-state index >= 15 is 0 Å². The number of aromatic nitrogens is 4. The van der Waals surface area contributed by atoms with Crippen molar-refractivity contribution in [1.29, 1.82) is 0 Å². The lowest BCUT2D eigenvalue weighted by Gasteiger charge is -2.10. The molecule has 2 aromatic heterocycles. The van der Waals surface area contributed by atoms with Crippen molar-refractivity contribution in [3.63, 3.8) is 0 Å². The number of fused-ring (bicyclic) bond motifs is 1. The highest BCUT2D eigenvalue weighted by Gasteiger charge is 2.16. The molecule has 2 aromatic carbocycles. The molecule has 0 atom stereocenters. The normalized spacial score (nSPS) is 11.0. The number of aromatic amines is 1. The van der Waals surface area contributed by atoms with Gasteiger partial charge in [0.2, 0.25) is 0 Å². The van der Waals surface area contributed by atoms with Crippen LogP contribution in [0.25, 0.3) is 33.4 Å². The Morgan fingerprint density at radius 3 is 2.72 bits per heavy atom. The van der Waals surface area contributed by atoms with Crippen LogP contribution in [0.2, 0.25) is 0 Å². The average molecular weight is 395 g/mol. The maximum Gasteiger partial charge on any atom is 0.135 e. The molecule has 124 valence electrons. The van der Waals surface area contributed by atoms with E-state index in [0.717, 1.165) is 43.6 Å². The number of halogens is 1. The summed E-state index contributed by atoms with van der Waals surface area (Å²) in [6, 6.07) is 14.0. The van der Waals surface area contributed by atoms with Crippen molar-refractivity contribution in [2.75, 3.05) is 6.61 Å². The Kier molecular flexibility index (Phi) is 4.19. The third-order valence-corrected chi connectivity index (χ3v) is 4.55. The fourth-order valence-corrected chi connectivity index (χ4v) is 3.28. The molecule has 0 bridgehead atoms. The first-order valence-electron chi connectivity index (χ1n) is 7.94. The molecule has 4 rings (SSSR count). The zero-order valence-corrected chi connectivity index (χ0v) is 15.1. The fourth-order valence-electron chi connectivity index (χ4n) is 2.82. The van der Waals surface area contributed by atoms with E-state index in [4.69, 9.17) is 4.74 Å². The molecule has 0 fully saturated rings. The summed E-state index contributed by atoms with van der Waals surface area (Å²) in [6.07, 6.45) is 3.44. The van der Waals surface area contributed by atoms with E-state index in [2.05, 4.69) is 36.1 Å². The molecule has 0 saturated carbocycles. The molecule has 0 saturated heterocycles. The molecule has 0 aliphatic carbocycles. The maximum absolute atomic E-state index is 5.64. The Hall–Kier alpha value is -2.73. The number of rotatable bonds is 4. The Bertz CT molecular complexity index is 1030. The number of nitrogens with zero attached hydrogens (tertiary/aromatic N) is 3.